The molecule has 1 aliphatic carbocycles. The Morgan fingerprint density at radius 1 is 1.15 bits per heavy atom. The number of Topliss-reactive ketones (excluding diaryl/α,β-unsaturated/α-hetero) is 2. The summed E-state index contributed by atoms with van der Waals surface area (Å²) in [4.78, 5) is 23.5. The molecular formula is C17H20O3. The van der Waals surface area contributed by atoms with Crippen molar-refractivity contribution in [1.82, 2.24) is 0 Å². The average Bonchev–Trinajstić information content (AvgIpc) is 2.25. The van der Waals surface area contributed by atoms with E-state index in [0.717, 1.165) is 16.7 Å². The SMILES string of the molecule is CC(=O)C1=C(O)CC(c2c(C)cc(C)cc2C)CC1=O. The van der Waals surface area contributed by atoms with E-state index < -0.39 is 0 Å². The number of benzene rings is 1. The minimum absolute atomic E-state index is 0.0105. The molecule has 0 bridgehead atoms. The standard InChI is InChI=1S/C17H20O3/c1-9-5-10(2)16(11(3)6-9)13-7-14(19)17(12(4)18)15(20)8-13/h5-6,13,19H,7-8H2,1-4H3. The van der Waals surface area contributed by atoms with Gasteiger partial charge in [-0.25, -0.2) is 0 Å². The van der Waals surface area contributed by atoms with Crippen LogP contribution < -0.4 is 0 Å². The van der Waals surface area contributed by atoms with Crippen LogP contribution in [0.3, 0.4) is 0 Å². The summed E-state index contributed by atoms with van der Waals surface area (Å²) in [5.74, 6) is -0.682. The predicted molar refractivity (Wildman–Crippen MR) is 78.0 cm³/mol. The molecule has 106 valence electrons. The summed E-state index contributed by atoms with van der Waals surface area (Å²) in [6.07, 6.45) is 0.662. The van der Waals surface area contributed by atoms with Gasteiger partial charge in [0, 0.05) is 12.8 Å². The Kier molecular flexibility index (Phi) is 3.80. The van der Waals surface area contributed by atoms with Gasteiger partial charge in [0.1, 0.15) is 5.76 Å². The van der Waals surface area contributed by atoms with Gasteiger partial charge < -0.3 is 5.11 Å². The summed E-state index contributed by atoms with van der Waals surface area (Å²) < 4.78 is 0. The second-order valence-electron chi connectivity index (χ2n) is 5.72. The van der Waals surface area contributed by atoms with Gasteiger partial charge in [0.05, 0.1) is 5.57 Å². The van der Waals surface area contributed by atoms with Crippen molar-refractivity contribution in [3.05, 3.63) is 45.7 Å². The minimum atomic E-state index is -0.344. The number of carbonyl (C=O) groups is 2. The molecule has 1 atom stereocenters. The summed E-state index contributed by atoms with van der Waals surface area (Å²) in [7, 11) is 0. The van der Waals surface area contributed by atoms with E-state index in [1.807, 2.05) is 20.8 Å². The lowest BCUT2D eigenvalue weighted by Crippen LogP contribution is -2.23. The fourth-order valence-electron chi connectivity index (χ4n) is 3.33. The average molecular weight is 272 g/mol. The first-order valence-electron chi connectivity index (χ1n) is 6.85. The molecule has 0 amide bonds. The molecule has 2 rings (SSSR count). The molecule has 1 aromatic rings. The third-order valence-corrected chi connectivity index (χ3v) is 3.94. The van der Waals surface area contributed by atoms with E-state index in [-0.39, 0.29) is 28.8 Å². The molecule has 3 heteroatoms. The Labute approximate surface area is 119 Å². The van der Waals surface area contributed by atoms with Crippen LogP contribution >= 0.6 is 0 Å². The van der Waals surface area contributed by atoms with E-state index in [2.05, 4.69) is 12.1 Å². The molecule has 0 aromatic heterocycles. The largest absolute Gasteiger partial charge is 0.511 e. The fraction of sp³-hybridized carbons (Fsp3) is 0.412. The van der Waals surface area contributed by atoms with Crippen molar-refractivity contribution < 1.29 is 14.7 Å². The molecule has 1 unspecified atom stereocenters. The second-order valence-corrected chi connectivity index (χ2v) is 5.72. The van der Waals surface area contributed by atoms with Crippen molar-refractivity contribution in [1.29, 1.82) is 0 Å². The Morgan fingerprint density at radius 3 is 2.15 bits per heavy atom. The molecule has 0 saturated heterocycles. The van der Waals surface area contributed by atoms with Crippen LogP contribution in [0.5, 0.6) is 0 Å². The van der Waals surface area contributed by atoms with Crippen LogP contribution in [0, 0.1) is 20.8 Å². The number of ketones is 2. The summed E-state index contributed by atoms with van der Waals surface area (Å²) >= 11 is 0. The molecule has 1 aromatic carbocycles. The topological polar surface area (TPSA) is 54.4 Å². The zero-order valence-corrected chi connectivity index (χ0v) is 12.4. The number of aryl methyl sites for hydroxylation is 3. The second kappa shape index (κ2) is 5.23. The van der Waals surface area contributed by atoms with Crippen molar-refractivity contribution >= 4 is 11.6 Å². The highest BCUT2D eigenvalue weighted by Gasteiger charge is 2.32. The highest BCUT2D eigenvalue weighted by molar-refractivity contribution is 6.20. The summed E-state index contributed by atoms with van der Waals surface area (Å²) in [6, 6.07) is 4.18. The number of aliphatic hydroxyl groups is 1. The van der Waals surface area contributed by atoms with Crippen LogP contribution in [-0.2, 0) is 9.59 Å². The Bertz CT molecular complexity index is 600. The number of carbonyl (C=O) groups excluding carboxylic acids is 2. The number of hydrogen-bond donors (Lipinski definition) is 1. The Balaban J connectivity index is 2.44. The van der Waals surface area contributed by atoms with E-state index in [1.54, 1.807) is 0 Å². The molecule has 0 radical (unpaired) electrons. The lowest BCUT2D eigenvalue weighted by Gasteiger charge is -2.26. The van der Waals surface area contributed by atoms with Gasteiger partial charge in [-0.05, 0) is 50.3 Å². The summed E-state index contributed by atoms with van der Waals surface area (Å²) in [5, 5.41) is 10.0. The van der Waals surface area contributed by atoms with Crippen LogP contribution in [0.25, 0.3) is 0 Å². The van der Waals surface area contributed by atoms with Gasteiger partial charge in [-0.15, -0.1) is 0 Å². The van der Waals surface area contributed by atoms with E-state index in [4.69, 9.17) is 0 Å². The molecule has 0 fully saturated rings. The van der Waals surface area contributed by atoms with Gasteiger partial charge >= 0.3 is 0 Å². The molecule has 1 aliphatic rings. The van der Waals surface area contributed by atoms with Crippen molar-refractivity contribution in [3.63, 3.8) is 0 Å². The van der Waals surface area contributed by atoms with E-state index in [9.17, 15) is 14.7 Å². The first kappa shape index (κ1) is 14.5. The molecule has 0 aliphatic heterocycles. The van der Waals surface area contributed by atoms with E-state index in [1.165, 1.54) is 12.5 Å². The predicted octanol–water partition coefficient (Wildman–Crippen LogP) is 3.46. The Hall–Kier alpha value is -1.90. The first-order chi connectivity index (χ1) is 9.31. The van der Waals surface area contributed by atoms with Crippen LogP contribution in [0.2, 0.25) is 0 Å². The van der Waals surface area contributed by atoms with Gasteiger partial charge in [0.2, 0.25) is 0 Å². The lowest BCUT2D eigenvalue weighted by atomic mass is 9.78. The monoisotopic (exact) mass is 272 g/mol. The maximum Gasteiger partial charge on any atom is 0.170 e. The van der Waals surface area contributed by atoms with Gasteiger partial charge in [-0.1, -0.05) is 17.7 Å². The third kappa shape index (κ3) is 2.53. The molecule has 0 heterocycles. The summed E-state index contributed by atoms with van der Waals surface area (Å²) in [5.41, 5.74) is 4.58. The van der Waals surface area contributed by atoms with Crippen molar-refractivity contribution in [2.75, 3.05) is 0 Å². The highest BCUT2D eigenvalue weighted by atomic mass is 16.3. The molecule has 20 heavy (non-hydrogen) atoms. The fourth-order valence-corrected chi connectivity index (χ4v) is 3.33. The molecule has 0 spiro atoms. The third-order valence-electron chi connectivity index (χ3n) is 3.94. The van der Waals surface area contributed by atoms with Gasteiger partial charge in [0.15, 0.2) is 11.6 Å². The molecular weight excluding hydrogens is 252 g/mol. The number of aliphatic hydroxyl groups excluding tert-OH is 1. The molecule has 0 saturated carbocycles. The quantitative estimate of drug-likeness (QED) is 0.839. The van der Waals surface area contributed by atoms with E-state index in [0.29, 0.717) is 12.8 Å². The van der Waals surface area contributed by atoms with Gasteiger partial charge in [0.25, 0.3) is 0 Å². The first-order valence-corrected chi connectivity index (χ1v) is 6.85. The van der Waals surface area contributed by atoms with Crippen LogP contribution in [-0.4, -0.2) is 16.7 Å². The number of hydrogen-bond acceptors (Lipinski definition) is 3. The smallest absolute Gasteiger partial charge is 0.170 e. The zero-order valence-electron chi connectivity index (χ0n) is 12.4. The minimum Gasteiger partial charge on any atom is -0.511 e. The number of allylic oxidation sites excluding steroid dienone is 2. The number of rotatable bonds is 2. The summed E-state index contributed by atoms with van der Waals surface area (Å²) in [6.45, 7) is 7.43. The molecule has 1 N–H and O–H groups in total. The van der Waals surface area contributed by atoms with Gasteiger partial charge in [-0.3, -0.25) is 9.59 Å². The van der Waals surface area contributed by atoms with E-state index >= 15 is 0 Å². The zero-order chi connectivity index (χ0) is 15.0. The maximum atomic E-state index is 12.1. The van der Waals surface area contributed by atoms with Gasteiger partial charge in [-0.2, -0.15) is 0 Å². The van der Waals surface area contributed by atoms with Crippen molar-refractivity contribution in [2.45, 2.75) is 46.5 Å². The Morgan fingerprint density at radius 2 is 1.70 bits per heavy atom. The highest BCUT2D eigenvalue weighted by Crippen LogP contribution is 2.37. The normalized spacial score (nSPS) is 19.4. The van der Waals surface area contributed by atoms with Crippen molar-refractivity contribution in [3.8, 4) is 0 Å². The van der Waals surface area contributed by atoms with Crippen LogP contribution in [0.4, 0.5) is 0 Å². The van der Waals surface area contributed by atoms with Crippen LogP contribution in [0.1, 0.15) is 47.9 Å². The molecule has 3 nitrogen and oxygen atoms in total. The van der Waals surface area contributed by atoms with Crippen molar-refractivity contribution in [2.24, 2.45) is 0 Å². The maximum absolute atomic E-state index is 12.1. The lowest BCUT2D eigenvalue weighted by molar-refractivity contribution is -0.121. The van der Waals surface area contributed by atoms with Crippen LogP contribution in [0.15, 0.2) is 23.5 Å².